The Morgan fingerprint density at radius 3 is 2.47 bits per heavy atom. The van der Waals surface area contributed by atoms with Crippen LogP contribution in [0.4, 0.5) is 4.79 Å². The van der Waals surface area contributed by atoms with Gasteiger partial charge in [-0.1, -0.05) is 33.4 Å². The molecule has 1 amide bonds. The Morgan fingerprint density at radius 1 is 1.47 bits per heavy atom. The van der Waals surface area contributed by atoms with Crippen LogP contribution in [0.25, 0.3) is 0 Å². The lowest BCUT2D eigenvalue weighted by molar-refractivity contribution is -0.139. The number of rotatable bonds is 6. The third-order valence-electron chi connectivity index (χ3n) is 2.11. The van der Waals surface area contributed by atoms with Gasteiger partial charge >= 0.3 is 12.1 Å². The van der Waals surface area contributed by atoms with Crippen LogP contribution in [0.2, 0.25) is 0 Å². The Labute approximate surface area is 102 Å². The molecule has 0 spiro atoms. The summed E-state index contributed by atoms with van der Waals surface area (Å²) in [5.74, 6) is -1.05. The zero-order valence-electron chi connectivity index (χ0n) is 10.7. The highest BCUT2D eigenvalue weighted by atomic mass is 16.5. The predicted octanol–water partition coefficient (Wildman–Crippen LogP) is 2.18. The van der Waals surface area contributed by atoms with E-state index in [2.05, 4.69) is 16.6 Å². The van der Waals surface area contributed by atoms with E-state index in [0.717, 1.165) is 0 Å². The molecule has 5 nitrogen and oxygen atoms in total. The molecule has 0 saturated heterocycles. The highest BCUT2D eigenvalue weighted by Crippen LogP contribution is 2.21. The number of carbonyl (C=O) groups excluding carboxylic acids is 1. The maximum absolute atomic E-state index is 11.2. The van der Waals surface area contributed by atoms with Crippen LogP contribution in [0.5, 0.6) is 0 Å². The van der Waals surface area contributed by atoms with Crippen LogP contribution in [-0.4, -0.2) is 29.8 Å². The summed E-state index contributed by atoms with van der Waals surface area (Å²) in [6.07, 6.45) is 1.77. The number of carboxylic acids is 1. The number of nitrogens with one attached hydrogen (secondary N) is 1. The van der Waals surface area contributed by atoms with Crippen LogP contribution in [0.3, 0.4) is 0 Å². The number of hydrogen-bond donors (Lipinski definition) is 2. The molecule has 17 heavy (non-hydrogen) atoms. The van der Waals surface area contributed by atoms with Gasteiger partial charge in [-0.15, -0.1) is 0 Å². The van der Waals surface area contributed by atoms with E-state index in [1.54, 1.807) is 0 Å². The summed E-state index contributed by atoms with van der Waals surface area (Å²) >= 11 is 0. The lowest BCUT2D eigenvalue weighted by Crippen LogP contribution is -2.41. The maximum atomic E-state index is 11.2. The molecular formula is C12H21NO4. The van der Waals surface area contributed by atoms with Gasteiger partial charge in [-0.2, -0.15) is 0 Å². The van der Waals surface area contributed by atoms with E-state index in [-0.39, 0.29) is 12.0 Å². The quantitative estimate of drug-likeness (QED) is 0.701. The molecule has 0 aliphatic rings. The number of carbonyl (C=O) groups is 2. The van der Waals surface area contributed by atoms with Crippen LogP contribution < -0.4 is 5.32 Å². The Hall–Kier alpha value is -1.52. The molecule has 0 rings (SSSR count). The van der Waals surface area contributed by atoms with Crippen molar-refractivity contribution in [2.75, 3.05) is 6.61 Å². The van der Waals surface area contributed by atoms with E-state index in [9.17, 15) is 9.59 Å². The first-order valence-electron chi connectivity index (χ1n) is 5.53. The monoisotopic (exact) mass is 243 g/mol. The molecule has 0 bridgehead atoms. The van der Waals surface area contributed by atoms with Crippen molar-refractivity contribution in [3.8, 4) is 0 Å². The number of alkyl carbamates (subject to hydrolysis) is 1. The van der Waals surface area contributed by atoms with Gasteiger partial charge in [0.25, 0.3) is 0 Å². The highest BCUT2D eigenvalue weighted by molar-refractivity contribution is 5.79. The van der Waals surface area contributed by atoms with E-state index in [1.807, 2.05) is 20.8 Å². The number of carboxylic acid groups (broad SMARTS) is 1. The van der Waals surface area contributed by atoms with Crippen molar-refractivity contribution >= 4 is 12.1 Å². The minimum Gasteiger partial charge on any atom is -0.480 e. The Kier molecular flexibility index (Phi) is 6.31. The first-order valence-corrected chi connectivity index (χ1v) is 5.53. The van der Waals surface area contributed by atoms with Crippen LogP contribution in [0.15, 0.2) is 12.7 Å². The third kappa shape index (κ3) is 8.30. The fourth-order valence-electron chi connectivity index (χ4n) is 1.15. The topological polar surface area (TPSA) is 75.6 Å². The van der Waals surface area contributed by atoms with Crippen LogP contribution in [-0.2, 0) is 9.53 Å². The second kappa shape index (κ2) is 6.93. The highest BCUT2D eigenvalue weighted by Gasteiger charge is 2.23. The molecule has 0 heterocycles. The molecule has 1 atom stereocenters. The summed E-state index contributed by atoms with van der Waals surface area (Å²) in [5.41, 5.74) is 0.0282. The molecule has 98 valence electrons. The first kappa shape index (κ1) is 15.5. The van der Waals surface area contributed by atoms with Gasteiger partial charge in [0.05, 0.1) is 0 Å². The lowest BCUT2D eigenvalue weighted by Gasteiger charge is -2.21. The Balaban J connectivity index is 4.20. The lowest BCUT2D eigenvalue weighted by atomic mass is 9.89. The summed E-state index contributed by atoms with van der Waals surface area (Å²) in [7, 11) is 0. The first-order chi connectivity index (χ1) is 7.76. The van der Waals surface area contributed by atoms with Gasteiger partial charge < -0.3 is 15.2 Å². The summed E-state index contributed by atoms with van der Waals surface area (Å²) in [6.45, 7) is 9.51. The molecule has 0 radical (unpaired) electrons. The van der Waals surface area contributed by atoms with Crippen molar-refractivity contribution in [3.63, 3.8) is 0 Å². The molecule has 0 fully saturated rings. The zero-order chi connectivity index (χ0) is 13.5. The fourth-order valence-corrected chi connectivity index (χ4v) is 1.15. The van der Waals surface area contributed by atoms with Gasteiger partial charge in [0.1, 0.15) is 12.6 Å². The molecule has 0 aliphatic carbocycles. The van der Waals surface area contributed by atoms with E-state index in [1.165, 1.54) is 6.08 Å². The maximum Gasteiger partial charge on any atom is 0.408 e. The standard InChI is InChI=1S/C12H21NO4/c1-5-8-17-11(16)13-9(10(14)15)6-7-12(2,3)4/h5,9H,1,6-8H2,2-4H3,(H,13,16)(H,14,15). The zero-order valence-corrected chi connectivity index (χ0v) is 10.7. The van der Waals surface area contributed by atoms with Crippen molar-refractivity contribution < 1.29 is 19.4 Å². The molecule has 0 saturated carbocycles. The molecule has 1 unspecified atom stereocenters. The van der Waals surface area contributed by atoms with Crippen molar-refractivity contribution in [2.24, 2.45) is 5.41 Å². The molecule has 0 aromatic rings. The van der Waals surface area contributed by atoms with Crippen LogP contribution >= 0.6 is 0 Å². The van der Waals surface area contributed by atoms with Crippen LogP contribution in [0, 0.1) is 5.41 Å². The summed E-state index contributed by atoms with van der Waals surface area (Å²) in [6, 6.07) is -0.911. The smallest absolute Gasteiger partial charge is 0.408 e. The second-order valence-electron chi connectivity index (χ2n) is 5.02. The molecule has 2 N–H and O–H groups in total. The predicted molar refractivity (Wildman–Crippen MR) is 64.8 cm³/mol. The van der Waals surface area contributed by atoms with Crippen molar-refractivity contribution in [2.45, 2.75) is 39.7 Å². The molecule has 0 aromatic heterocycles. The van der Waals surface area contributed by atoms with Crippen molar-refractivity contribution in [3.05, 3.63) is 12.7 Å². The molecule has 0 aliphatic heterocycles. The van der Waals surface area contributed by atoms with Crippen molar-refractivity contribution in [1.82, 2.24) is 5.32 Å². The van der Waals surface area contributed by atoms with E-state index in [4.69, 9.17) is 5.11 Å². The molecule has 5 heteroatoms. The minimum absolute atomic E-state index is 0.0282. The number of ether oxygens (including phenoxy) is 1. The van der Waals surface area contributed by atoms with Gasteiger partial charge in [-0.05, 0) is 18.3 Å². The average Bonchev–Trinajstić information content (AvgIpc) is 2.19. The fraction of sp³-hybridized carbons (Fsp3) is 0.667. The number of amides is 1. The minimum atomic E-state index is -1.05. The van der Waals surface area contributed by atoms with E-state index < -0.39 is 18.1 Å². The van der Waals surface area contributed by atoms with Crippen molar-refractivity contribution in [1.29, 1.82) is 0 Å². The SMILES string of the molecule is C=CCOC(=O)NC(CCC(C)(C)C)C(=O)O. The summed E-state index contributed by atoms with van der Waals surface area (Å²) in [4.78, 5) is 22.1. The Morgan fingerprint density at radius 2 is 2.06 bits per heavy atom. The van der Waals surface area contributed by atoms with Gasteiger partial charge in [0.15, 0.2) is 0 Å². The normalized spacial score (nSPS) is 12.6. The Bertz CT molecular complexity index is 281. The van der Waals surface area contributed by atoms with E-state index >= 15 is 0 Å². The largest absolute Gasteiger partial charge is 0.480 e. The second-order valence-corrected chi connectivity index (χ2v) is 5.02. The van der Waals surface area contributed by atoms with Gasteiger partial charge in [-0.25, -0.2) is 9.59 Å². The number of aliphatic carboxylic acids is 1. The van der Waals surface area contributed by atoms with Gasteiger partial charge in [0, 0.05) is 0 Å². The molecular weight excluding hydrogens is 222 g/mol. The summed E-state index contributed by atoms with van der Waals surface area (Å²) < 4.78 is 4.67. The summed E-state index contributed by atoms with van der Waals surface area (Å²) in [5, 5.41) is 11.3. The van der Waals surface area contributed by atoms with E-state index in [0.29, 0.717) is 12.8 Å². The third-order valence-corrected chi connectivity index (χ3v) is 2.11. The number of hydrogen-bond acceptors (Lipinski definition) is 3. The van der Waals surface area contributed by atoms with Gasteiger partial charge in [-0.3, -0.25) is 0 Å². The van der Waals surface area contributed by atoms with Gasteiger partial charge in [0.2, 0.25) is 0 Å². The van der Waals surface area contributed by atoms with Crippen LogP contribution in [0.1, 0.15) is 33.6 Å². The molecule has 0 aromatic carbocycles. The average molecular weight is 243 g/mol.